The van der Waals surface area contributed by atoms with E-state index < -0.39 is 18.2 Å². The molecule has 4 aliphatic heterocycles. The first kappa shape index (κ1) is 28.0. The summed E-state index contributed by atoms with van der Waals surface area (Å²) in [6.45, 7) is 11.5. The number of epoxide rings is 1. The molecule has 37 heavy (non-hydrogen) atoms. The zero-order valence-corrected chi connectivity index (χ0v) is 22.6. The molecule has 4 rings (SSSR count). The molecule has 9 atom stereocenters. The molecule has 0 unspecified atom stereocenters. The van der Waals surface area contributed by atoms with E-state index in [9.17, 15) is 9.90 Å². The molecule has 4 heterocycles. The number of carbonyl (C=O) groups excluding carboxylic acids is 1. The van der Waals surface area contributed by atoms with E-state index in [4.69, 9.17) is 18.9 Å². The van der Waals surface area contributed by atoms with Gasteiger partial charge in [0.1, 0.15) is 12.2 Å². The first-order valence-corrected chi connectivity index (χ1v) is 13.9. The van der Waals surface area contributed by atoms with Gasteiger partial charge >= 0.3 is 5.97 Å². The molecule has 0 aliphatic carbocycles. The van der Waals surface area contributed by atoms with Gasteiger partial charge in [-0.3, -0.25) is 0 Å². The lowest BCUT2D eigenvalue weighted by molar-refractivity contribution is -0.148. The van der Waals surface area contributed by atoms with Crippen molar-refractivity contribution in [3.63, 3.8) is 0 Å². The molecule has 0 aromatic rings. The molecule has 6 nitrogen and oxygen atoms in total. The lowest BCUT2D eigenvalue weighted by Gasteiger charge is -2.28. The van der Waals surface area contributed by atoms with Crippen molar-refractivity contribution >= 4 is 5.97 Å². The van der Waals surface area contributed by atoms with Gasteiger partial charge in [0.2, 0.25) is 0 Å². The first-order chi connectivity index (χ1) is 17.8. The van der Waals surface area contributed by atoms with E-state index in [0.717, 1.165) is 32.1 Å². The van der Waals surface area contributed by atoms with Crippen LogP contribution in [0.3, 0.4) is 0 Å². The minimum Gasteiger partial charge on any atom is -0.456 e. The van der Waals surface area contributed by atoms with E-state index in [0.29, 0.717) is 31.3 Å². The molecule has 1 fully saturated rings. The molecule has 0 saturated carbocycles. The van der Waals surface area contributed by atoms with Gasteiger partial charge in [-0.2, -0.15) is 0 Å². The minimum absolute atomic E-state index is 0.0436. The second kappa shape index (κ2) is 13.2. The number of fused-ring (bicyclic) bond motifs is 3. The fourth-order valence-electron chi connectivity index (χ4n) is 5.77. The predicted octanol–water partition coefficient (Wildman–Crippen LogP) is 5.38. The van der Waals surface area contributed by atoms with Gasteiger partial charge in [0.15, 0.2) is 0 Å². The van der Waals surface area contributed by atoms with Crippen LogP contribution in [0.4, 0.5) is 0 Å². The number of rotatable bonds is 3. The molecule has 0 radical (unpaired) electrons. The van der Waals surface area contributed by atoms with E-state index in [2.05, 4.69) is 45.6 Å². The van der Waals surface area contributed by atoms with Crippen molar-refractivity contribution in [2.75, 3.05) is 6.61 Å². The third-order valence-electron chi connectivity index (χ3n) is 7.74. The smallest absolute Gasteiger partial charge is 0.330 e. The van der Waals surface area contributed by atoms with Gasteiger partial charge in [0.05, 0.1) is 37.1 Å². The SMILES string of the molecule is C=C1C[C@H](C)C[C@@H]2CC=C[C@@H](C/C=C\C(=O)O[C@H]([C@@H](O)/C=C/[C@@H]3CC(C)=CCO3)C[C@@H]3O[C@H]3[C@@H](C)C1)O2. The topological polar surface area (TPSA) is 77.5 Å². The first-order valence-electron chi connectivity index (χ1n) is 13.9. The second-order valence-corrected chi connectivity index (χ2v) is 11.4. The molecular formula is C31H44O6. The molecule has 204 valence electrons. The largest absolute Gasteiger partial charge is 0.456 e. The number of ether oxygens (including phenoxy) is 4. The van der Waals surface area contributed by atoms with Gasteiger partial charge < -0.3 is 24.1 Å². The molecule has 0 spiro atoms. The summed E-state index contributed by atoms with van der Waals surface area (Å²) in [7, 11) is 0. The number of hydrogen-bond donors (Lipinski definition) is 1. The number of allylic oxidation sites excluding steroid dienone is 1. The number of carbonyl (C=O) groups is 1. The van der Waals surface area contributed by atoms with Crippen LogP contribution in [0.1, 0.15) is 65.7 Å². The maximum Gasteiger partial charge on any atom is 0.330 e. The third kappa shape index (κ3) is 8.78. The van der Waals surface area contributed by atoms with Crippen LogP contribution in [0.5, 0.6) is 0 Å². The average Bonchev–Trinajstić information content (AvgIpc) is 3.61. The van der Waals surface area contributed by atoms with E-state index in [-0.39, 0.29) is 30.5 Å². The summed E-state index contributed by atoms with van der Waals surface area (Å²) in [5, 5.41) is 11.0. The highest BCUT2D eigenvalue weighted by Gasteiger charge is 2.45. The summed E-state index contributed by atoms with van der Waals surface area (Å²) >= 11 is 0. The average molecular weight is 513 g/mol. The van der Waals surface area contributed by atoms with Crippen molar-refractivity contribution in [3.05, 3.63) is 60.3 Å². The highest BCUT2D eigenvalue weighted by Crippen LogP contribution is 2.38. The van der Waals surface area contributed by atoms with Crippen molar-refractivity contribution in [2.45, 2.75) is 108 Å². The Balaban J connectivity index is 1.44. The van der Waals surface area contributed by atoms with Gasteiger partial charge in [-0.15, -0.1) is 0 Å². The summed E-state index contributed by atoms with van der Waals surface area (Å²) in [5.41, 5.74) is 2.51. The van der Waals surface area contributed by atoms with Gasteiger partial charge in [0.25, 0.3) is 0 Å². The Morgan fingerprint density at radius 1 is 1.11 bits per heavy atom. The van der Waals surface area contributed by atoms with Crippen molar-refractivity contribution in [2.24, 2.45) is 11.8 Å². The highest BCUT2D eigenvalue weighted by atomic mass is 16.6. The monoisotopic (exact) mass is 512 g/mol. The van der Waals surface area contributed by atoms with Crippen molar-refractivity contribution in [1.29, 1.82) is 0 Å². The van der Waals surface area contributed by atoms with Gasteiger partial charge in [-0.1, -0.05) is 68.0 Å². The summed E-state index contributed by atoms with van der Waals surface area (Å²) < 4.78 is 23.8. The Hall–Kier alpha value is -1.99. The fourth-order valence-corrected chi connectivity index (χ4v) is 5.77. The molecule has 2 bridgehead atoms. The molecule has 1 saturated heterocycles. The number of cyclic esters (lactones) is 1. The Morgan fingerprint density at radius 2 is 1.95 bits per heavy atom. The van der Waals surface area contributed by atoms with Crippen LogP contribution in [-0.4, -0.2) is 60.4 Å². The lowest BCUT2D eigenvalue weighted by Crippen LogP contribution is -2.32. The molecular weight excluding hydrogens is 468 g/mol. The molecule has 0 amide bonds. The number of aliphatic hydroxyl groups is 1. The summed E-state index contributed by atoms with van der Waals surface area (Å²) in [5.74, 6) is 0.349. The van der Waals surface area contributed by atoms with Crippen molar-refractivity contribution < 1.29 is 28.8 Å². The summed E-state index contributed by atoms with van der Waals surface area (Å²) in [6.07, 6.45) is 17.2. The molecule has 0 aromatic heterocycles. The van der Waals surface area contributed by atoms with Crippen LogP contribution in [-0.2, 0) is 23.7 Å². The third-order valence-corrected chi connectivity index (χ3v) is 7.74. The zero-order valence-electron chi connectivity index (χ0n) is 22.6. The van der Waals surface area contributed by atoms with E-state index in [1.165, 1.54) is 17.2 Å². The van der Waals surface area contributed by atoms with E-state index in [1.54, 1.807) is 12.2 Å². The van der Waals surface area contributed by atoms with Crippen molar-refractivity contribution in [1.82, 2.24) is 0 Å². The Bertz CT molecular complexity index is 917. The van der Waals surface area contributed by atoms with Crippen LogP contribution >= 0.6 is 0 Å². The Kier molecular flexibility index (Phi) is 9.99. The predicted molar refractivity (Wildman–Crippen MR) is 144 cm³/mol. The van der Waals surface area contributed by atoms with E-state index in [1.807, 2.05) is 6.08 Å². The standard InChI is InChI=1S/C31H44O6/c1-20-13-14-34-25(17-20)11-12-27(32)28-19-29-31(37-29)23(4)16-21(2)15-22(3)18-26-9-5-7-24(35-26)8-6-10-30(33)36-28/h5-7,10-13,22-29,31-32H,2,8-9,14-19H2,1,3-4H3/b10-6-,12-11+/t22-,23-,24-,25+,26-,27-,28-,29-,31-/m0/s1. The Morgan fingerprint density at radius 3 is 2.76 bits per heavy atom. The lowest BCUT2D eigenvalue weighted by atomic mass is 9.88. The molecule has 0 aromatic carbocycles. The maximum absolute atomic E-state index is 12.7. The van der Waals surface area contributed by atoms with Gasteiger partial charge in [-0.25, -0.2) is 4.79 Å². The number of aliphatic hydroxyl groups excluding tert-OH is 1. The zero-order chi connectivity index (χ0) is 26.4. The van der Waals surface area contributed by atoms with Crippen LogP contribution in [0.25, 0.3) is 0 Å². The van der Waals surface area contributed by atoms with Crippen LogP contribution in [0.15, 0.2) is 60.3 Å². The quantitative estimate of drug-likeness (QED) is 0.311. The van der Waals surface area contributed by atoms with Crippen LogP contribution in [0, 0.1) is 11.8 Å². The van der Waals surface area contributed by atoms with E-state index >= 15 is 0 Å². The maximum atomic E-state index is 12.7. The van der Waals surface area contributed by atoms with Gasteiger partial charge in [-0.05, 0) is 57.3 Å². The van der Waals surface area contributed by atoms with Crippen LogP contribution in [0.2, 0.25) is 0 Å². The minimum atomic E-state index is -0.945. The summed E-state index contributed by atoms with van der Waals surface area (Å²) in [4.78, 5) is 12.7. The molecule has 4 aliphatic rings. The van der Waals surface area contributed by atoms with Crippen LogP contribution < -0.4 is 0 Å². The summed E-state index contributed by atoms with van der Waals surface area (Å²) in [6, 6.07) is 0. The van der Waals surface area contributed by atoms with Gasteiger partial charge in [0, 0.05) is 12.5 Å². The Labute approximate surface area is 222 Å². The number of esters is 1. The normalized spacial score (nSPS) is 39.6. The highest BCUT2D eigenvalue weighted by molar-refractivity contribution is 5.82. The molecule has 1 N–H and O–H groups in total. The fraction of sp³-hybridized carbons (Fsp3) is 0.645. The second-order valence-electron chi connectivity index (χ2n) is 11.4. The van der Waals surface area contributed by atoms with Crippen molar-refractivity contribution in [3.8, 4) is 0 Å². The molecule has 6 heteroatoms. The number of hydrogen-bond acceptors (Lipinski definition) is 6.